The van der Waals surface area contributed by atoms with Crippen LogP contribution in [0.25, 0.3) is 0 Å². The Morgan fingerprint density at radius 2 is 2.16 bits per heavy atom. The van der Waals surface area contributed by atoms with Crippen LogP contribution in [-0.4, -0.2) is 30.7 Å². The monoisotopic (exact) mass is 353 g/mol. The Balaban J connectivity index is 1.58. The van der Waals surface area contributed by atoms with Crippen LogP contribution in [0.4, 0.5) is 17.1 Å². The molecule has 0 aliphatic carbocycles. The van der Waals surface area contributed by atoms with Gasteiger partial charge in [0.1, 0.15) is 6.04 Å². The van der Waals surface area contributed by atoms with Crippen LogP contribution in [0, 0.1) is 0 Å². The maximum absolute atomic E-state index is 12.6. The molecule has 25 heavy (non-hydrogen) atoms. The first kappa shape index (κ1) is 16.0. The van der Waals surface area contributed by atoms with E-state index in [-0.39, 0.29) is 17.9 Å². The minimum absolute atomic E-state index is 0.0234. The molecule has 6 heteroatoms. The number of hydrogen-bond donors (Lipinski definition) is 2. The van der Waals surface area contributed by atoms with Gasteiger partial charge in [0.25, 0.3) is 5.91 Å². The Hall–Kier alpha value is -2.47. The van der Waals surface area contributed by atoms with Gasteiger partial charge in [0.2, 0.25) is 5.91 Å². The van der Waals surface area contributed by atoms with Crippen molar-refractivity contribution in [3.63, 3.8) is 0 Å². The zero-order valence-electron chi connectivity index (χ0n) is 13.9. The first-order valence-electron chi connectivity index (χ1n) is 8.32. The van der Waals surface area contributed by atoms with Gasteiger partial charge >= 0.3 is 0 Å². The summed E-state index contributed by atoms with van der Waals surface area (Å²) in [5.41, 5.74) is 3.01. The van der Waals surface area contributed by atoms with Crippen LogP contribution in [0.15, 0.2) is 47.4 Å². The smallest absolute Gasteiger partial charge is 0.255 e. The summed E-state index contributed by atoms with van der Waals surface area (Å²) >= 11 is 1.63. The molecule has 1 saturated heterocycles. The third-order valence-corrected chi connectivity index (χ3v) is 5.43. The molecule has 2 heterocycles. The number of anilines is 3. The molecule has 1 atom stereocenters. The highest BCUT2D eigenvalue weighted by atomic mass is 32.2. The molecule has 0 bridgehead atoms. The van der Waals surface area contributed by atoms with Crippen molar-refractivity contribution >= 4 is 40.6 Å². The first-order chi connectivity index (χ1) is 12.2. The van der Waals surface area contributed by atoms with Crippen LogP contribution >= 0.6 is 11.8 Å². The molecule has 2 amide bonds. The summed E-state index contributed by atoms with van der Waals surface area (Å²) in [6, 6.07) is 13.2. The second kappa shape index (κ2) is 6.44. The zero-order valence-corrected chi connectivity index (χ0v) is 14.7. The summed E-state index contributed by atoms with van der Waals surface area (Å²) < 4.78 is 0. The molecule has 2 aliphatic rings. The minimum atomic E-state index is -0.182. The van der Waals surface area contributed by atoms with E-state index >= 15 is 0 Å². The molecule has 0 unspecified atom stereocenters. The highest BCUT2D eigenvalue weighted by Crippen LogP contribution is 2.37. The van der Waals surface area contributed by atoms with Crippen LogP contribution in [0.2, 0.25) is 0 Å². The molecule has 5 nitrogen and oxygen atoms in total. The van der Waals surface area contributed by atoms with Crippen molar-refractivity contribution in [2.75, 3.05) is 28.3 Å². The number of hydrogen-bond acceptors (Lipinski definition) is 4. The predicted molar refractivity (Wildman–Crippen MR) is 102 cm³/mol. The summed E-state index contributed by atoms with van der Waals surface area (Å²) in [5, 5.41) is 5.86. The van der Waals surface area contributed by atoms with E-state index in [1.54, 1.807) is 17.8 Å². The van der Waals surface area contributed by atoms with Crippen molar-refractivity contribution in [1.82, 2.24) is 0 Å². The van der Waals surface area contributed by atoms with Gasteiger partial charge < -0.3 is 15.5 Å². The van der Waals surface area contributed by atoms with Crippen molar-refractivity contribution in [2.24, 2.45) is 0 Å². The maximum Gasteiger partial charge on any atom is 0.255 e. The number of amides is 2. The standard InChI is InChI=1S/C19H19N3O2S/c1-25-14-5-2-4-13(11-14)20-18(23)12-7-8-16-15(10-12)21-19(24)17-6-3-9-22(16)17/h2,4-5,7-8,10-11,17H,3,6,9H2,1H3,(H,20,23)(H,21,24)/t17-/m1/s1. The number of carbonyl (C=O) groups is 2. The average Bonchev–Trinajstić information content (AvgIpc) is 3.12. The Labute approximate surface area is 150 Å². The van der Waals surface area contributed by atoms with E-state index in [2.05, 4.69) is 15.5 Å². The van der Waals surface area contributed by atoms with Crippen molar-refractivity contribution in [3.8, 4) is 0 Å². The van der Waals surface area contributed by atoms with Crippen LogP contribution in [-0.2, 0) is 4.79 Å². The molecule has 2 aliphatic heterocycles. The molecule has 2 aromatic rings. The lowest BCUT2D eigenvalue weighted by Gasteiger charge is -2.33. The molecule has 0 aromatic heterocycles. The number of rotatable bonds is 3. The van der Waals surface area contributed by atoms with Crippen molar-refractivity contribution in [2.45, 2.75) is 23.8 Å². The molecule has 128 valence electrons. The summed E-state index contributed by atoms with van der Waals surface area (Å²) in [5.74, 6) is -0.158. The molecular formula is C19H19N3O2S. The van der Waals surface area contributed by atoms with Gasteiger partial charge in [-0.2, -0.15) is 0 Å². The van der Waals surface area contributed by atoms with Gasteiger partial charge in [-0.3, -0.25) is 9.59 Å². The highest BCUT2D eigenvalue weighted by molar-refractivity contribution is 7.98. The van der Waals surface area contributed by atoms with Gasteiger partial charge in [-0.1, -0.05) is 6.07 Å². The number of fused-ring (bicyclic) bond motifs is 3. The molecule has 0 radical (unpaired) electrons. The molecule has 2 N–H and O–H groups in total. The summed E-state index contributed by atoms with van der Waals surface area (Å²) in [7, 11) is 0. The van der Waals surface area contributed by atoms with E-state index in [1.807, 2.05) is 42.7 Å². The maximum atomic E-state index is 12.6. The van der Waals surface area contributed by atoms with E-state index in [9.17, 15) is 9.59 Å². The normalized spacial score (nSPS) is 18.4. The number of benzene rings is 2. The van der Waals surface area contributed by atoms with E-state index in [0.29, 0.717) is 11.3 Å². The zero-order chi connectivity index (χ0) is 17.4. The third-order valence-electron chi connectivity index (χ3n) is 4.71. The Morgan fingerprint density at radius 3 is 3.00 bits per heavy atom. The van der Waals surface area contributed by atoms with E-state index in [4.69, 9.17) is 0 Å². The fourth-order valence-electron chi connectivity index (χ4n) is 3.48. The lowest BCUT2D eigenvalue weighted by molar-refractivity contribution is -0.117. The molecule has 0 spiro atoms. The van der Waals surface area contributed by atoms with Crippen LogP contribution < -0.4 is 15.5 Å². The van der Waals surface area contributed by atoms with Crippen LogP contribution in [0.1, 0.15) is 23.2 Å². The van der Waals surface area contributed by atoms with Crippen LogP contribution in [0.3, 0.4) is 0 Å². The second-order valence-electron chi connectivity index (χ2n) is 6.26. The lowest BCUT2D eigenvalue weighted by atomic mass is 10.1. The van der Waals surface area contributed by atoms with Gasteiger partial charge in [0, 0.05) is 22.7 Å². The number of nitrogens with zero attached hydrogens (tertiary/aromatic N) is 1. The highest BCUT2D eigenvalue weighted by Gasteiger charge is 2.36. The number of nitrogens with one attached hydrogen (secondary N) is 2. The van der Waals surface area contributed by atoms with Gasteiger partial charge in [0.15, 0.2) is 0 Å². The number of carbonyl (C=O) groups excluding carboxylic acids is 2. The summed E-state index contributed by atoms with van der Waals surface area (Å²) in [6.45, 7) is 0.887. The molecular weight excluding hydrogens is 334 g/mol. The third kappa shape index (κ3) is 2.98. The first-order valence-corrected chi connectivity index (χ1v) is 9.55. The molecule has 1 fully saturated rings. The summed E-state index contributed by atoms with van der Waals surface area (Å²) in [4.78, 5) is 28.0. The molecule has 4 rings (SSSR count). The largest absolute Gasteiger partial charge is 0.358 e. The average molecular weight is 353 g/mol. The van der Waals surface area contributed by atoms with Gasteiger partial charge in [0.05, 0.1) is 11.4 Å². The Kier molecular flexibility index (Phi) is 4.13. The van der Waals surface area contributed by atoms with Crippen molar-refractivity contribution < 1.29 is 9.59 Å². The van der Waals surface area contributed by atoms with Gasteiger partial charge in [-0.15, -0.1) is 11.8 Å². The van der Waals surface area contributed by atoms with Gasteiger partial charge in [-0.05, 0) is 55.5 Å². The molecule has 2 aromatic carbocycles. The Bertz CT molecular complexity index is 852. The summed E-state index contributed by atoms with van der Waals surface area (Å²) in [6.07, 6.45) is 3.91. The lowest BCUT2D eigenvalue weighted by Crippen LogP contribution is -2.43. The van der Waals surface area contributed by atoms with Crippen LogP contribution in [0.5, 0.6) is 0 Å². The number of thioether (sulfide) groups is 1. The van der Waals surface area contributed by atoms with Crippen molar-refractivity contribution in [3.05, 3.63) is 48.0 Å². The van der Waals surface area contributed by atoms with E-state index in [1.165, 1.54) is 0 Å². The quantitative estimate of drug-likeness (QED) is 0.828. The van der Waals surface area contributed by atoms with E-state index < -0.39 is 0 Å². The van der Waals surface area contributed by atoms with Gasteiger partial charge in [-0.25, -0.2) is 0 Å². The predicted octanol–water partition coefficient (Wildman–Crippen LogP) is 3.58. The SMILES string of the molecule is CSc1cccc(NC(=O)c2ccc3c(c2)NC(=O)[C@H]2CCCN32)c1. The second-order valence-corrected chi connectivity index (χ2v) is 7.14. The minimum Gasteiger partial charge on any atom is -0.358 e. The fraction of sp³-hybridized carbons (Fsp3) is 0.263. The van der Waals surface area contributed by atoms with E-state index in [0.717, 1.165) is 35.7 Å². The Morgan fingerprint density at radius 1 is 1.28 bits per heavy atom. The molecule has 0 saturated carbocycles. The fourth-order valence-corrected chi connectivity index (χ4v) is 3.94. The van der Waals surface area contributed by atoms with Crippen molar-refractivity contribution in [1.29, 1.82) is 0 Å². The topological polar surface area (TPSA) is 61.4 Å².